The molecule has 0 aromatic heterocycles. The van der Waals surface area contributed by atoms with Gasteiger partial charge in [0.05, 0.1) is 19.3 Å². The average molecular weight is 393 g/mol. The highest BCUT2D eigenvalue weighted by molar-refractivity contribution is 5.33. The van der Waals surface area contributed by atoms with Gasteiger partial charge in [0.2, 0.25) is 5.82 Å². The third kappa shape index (κ3) is 5.14. The minimum absolute atomic E-state index is 0.0304. The van der Waals surface area contributed by atoms with Gasteiger partial charge in [-0.05, 0) is 80.8 Å². The van der Waals surface area contributed by atoms with Gasteiger partial charge in [-0.1, -0.05) is 32.1 Å². The summed E-state index contributed by atoms with van der Waals surface area (Å²) in [6.07, 6.45) is 12.8. The van der Waals surface area contributed by atoms with Crippen LogP contribution >= 0.6 is 0 Å². The van der Waals surface area contributed by atoms with E-state index in [1.807, 2.05) is 6.92 Å². The second-order valence-corrected chi connectivity index (χ2v) is 8.29. The van der Waals surface area contributed by atoms with E-state index in [0.29, 0.717) is 24.0 Å². The molecule has 0 amide bonds. The van der Waals surface area contributed by atoms with E-state index in [-0.39, 0.29) is 17.8 Å². The zero-order chi connectivity index (χ0) is 19.9. The number of hydrogen-bond donors (Lipinski definition) is 0. The lowest BCUT2D eigenvalue weighted by Crippen LogP contribution is -2.31. The van der Waals surface area contributed by atoms with Gasteiger partial charge >= 0.3 is 0 Å². The van der Waals surface area contributed by atoms with Crippen molar-refractivity contribution in [1.29, 1.82) is 0 Å². The maximum atomic E-state index is 14.6. The van der Waals surface area contributed by atoms with Crippen LogP contribution in [0.25, 0.3) is 0 Å². The van der Waals surface area contributed by atoms with E-state index in [0.717, 1.165) is 51.6 Å². The molecule has 1 aromatic rings. The zero-order valence-electron chi connectivity index (χ0n) is 17.3. The van der Waals surface area contributed by atoms with Crippen LogP contribution in [0.5, 0.6) is 5.75 Å². The van der Waals surface area contributed by atoms with Gasteiger partial charge in [-0.15, -0.1) is 0 Å². The number of rotatable bonds is 7. The lowest BCUT2D eigenvalue weighted by molar-refractivity contribution is -0.0150. The largest absolute Gasteiger partial charge is 0.490 e. The van der Waals surface area contributed by atoms with E-state index in [1.165, 1.54) is 6.42 Å². The maximum Gasteiger partial charge on any atom is 0.200 e. The van der Waals surface area contributed by atoms with Crippen molar-refractivity contribution in [3.8, 4) is 5.75 Å². The fourth-order valence-corrected chi connectivity index (χ4v) is 4.69. The van der Waals surface area contributed by atoms with E-state index < -0.39 is 11.6 Å². The Hall–Kier alpha value is -1.42. The van der Waals surface area contributed by atoms with E-state index in [4.69, 9.17) is 9.47 Å². The summed E-state index contributed by atoms with van der Waals surface area (Å²) in [5.41, 5.74) is 0.518. The molecule has 1 heterocycles. The predicted octanol–water partition coefficient (Wildman–Crippen LogP) is 6.79. The third-order valence-corrected chi connectivity index (χ3v) is 6.35. The smallest absolute Gasteiger partial charge is 0.200 e. The summed E-state index contributed by atoms with van der Waals surface area (Å²) >= 11 is 0. The van der Waals surface area contributed by atoms with Crippen molar-refractivity contribution in [2.75, 3.05) is 13.2 Å². The summed E-state index contributed by atoms with van der Waals surface area (Å²) in [5.74, 6) is -0.159. The van der Waals surface area contributed by atoms with Gasteiger partial charge in [-0.25, -0.2) is 4.39 Å². The van der Waals surface area contributed by atoms with E-state index in [1.54, 1.807) is 12.1 Å². The van der Waals surface area contributed by atoms with Crippen LogP contribution in [0.3, 0.4) is 0 Å². The molecule has 2 atom stereocenters. The van der Waals surface area contributed by atoms with Crippen LogP contribution in [0, 0.1) is 23.5 Å². The third-order valence-electron chi connectivity index (χ3n) is 6.35. The Kier molecular flexibility index (Phi) is 7.90. The molecule has 0 bridgehead atoms. The molecule has 1 saturated carbocycles. The first-order valence-corrected chi connectivity index (χ1v) is 11.0. The second kappa shape index (κ2) is 10.4. The molecule has 0 radical (unpaired) electrons. The number of benzene rings is 1. The van der Waals surface area contributed by atoms with Gasteiger partial charge in [0, 0.05) is 0 Å². The quantitative estimate of drug-likeness (QED) is 0.476. The van der Waals surface area contributed by atoms with Crippen molar-refractivity contribution >= 4 is 0 Å². The molecule has 4 heteroatoms. The summed E-state index contributed by atoms with van der Waals surface area (Å²) in [6, 6.07) is 3.32. The molecular formula is C24H34F2O2. The van der Waals surface area contributed by atoms with Gasteiger partial charge in [0.1, 0.15) is 0 Å². The van der Waals surface area contributed by atoms with Crippen LogP contribution in [-0.4, -0.2) is 19.3 Å². The molecule has 2 nitrogen and oxygen atoms in total. The molecule has 28 heavy (non-hydrogen) atoms. The van der Waals surface area contributed by atoms with Gasteiger partial charge in [0.25, 0.3) is 0 Å². The van der Waals surface area contributed by atoms with Crippen molar-refractivity contribution in [3.63, 3.8) is 0 Å². The van der Waals surface area contributed by atoms with Crippen molar-refractivity contribution in [1.82, 2.24) is 0 Å². The maximum absolute atomic E-state index is 14.6. The summed E-state index contributed by atoms with van der Waals surface area (Å²) in [6.45, 7) is 5.32. The van der Waals surface area contributed by atoms with Crippen LogP contribution in [0.1, 0.15) is 76.7 Å². The molecule has 2 unspecified atom stereocenters. The SMILES string of the molecule is CCC=CC1CCC(C2CCC(c3ccc(OCCC)c(F)c3F)CC2)CO1. The summed E-state index contributed by atoms with van der Waals surface area (Å²) in [7, 11) is 0. The highest BCUT2D eigenvalue weighted by Gasteiger charge is 2.32. The first-order chi connectivity index (χ1) is 13.6. The number of allylic oxidation sites excluding steroid dienone is 1. The summed E-state index contributed by atoms with van der Waals surface area (Å²) in [4.78, 5) is 0. The van der Waals surface area contributed by atoms with Crippen molar-refractivity contribution < 1.29 is 18.3 Å². The fourth-order valence-electron chi connectivity index (χ4n) is 4.69. The van der Waals surface area contributed by atoms with Crippen LogP contribution in [0.4, 0.5) is 8.78 Å². The molecule has 1 aliphatic heterocycles. The van der Waals surface area contributed by atoms with Crippen LogP contribution < -0.4 is 4.74 Å². The van der Waals surface area contributed by atoms with Crippen LogP contribution in [-0.2, 0) is 4.74 Å². The van der Waals surface area contributed by atoms with Gasteiger partial charge < -0.3 is 9.47 Å². The Balaban J connectivity index is 1.53. The first-order valence-electron chi connectivity index (χ1n) is 11.0. The Morgan fingerprint density at radius 2 is 1.75 bits per heavy atom. The number of ether oxygens (including phenoxy) is 2. The molecular weight excluding hydrogens is 358 g/mol. The van der Waals surface area contributed by atoms with Gasteiger partial charge in [-0.3, -0.25) is 0 Å². The highest BCUT2D eigenvalue weighted by atomic mass is 19.2. The van der Waals surface area contributed by atoms with Crippen LogP contribution in [0.2, 0.25) is 0 Å². The lowest BCUT2D eigenvalue weighted by atomic mass is 9.72. The molecule has 156 valence electrons. The van der Waals surface area contributed by atoms with Crippen molar-refractivity contribution in [2.24, 2.45) is 11.8 Å². The molecule has 2 aliphatic rings. The minimum atomic E-state index is -0.833. The molecule has 2 fully saturated rings. The Bertz CT molecular complexity index is 642. The minimum Gasteiger partial charge on any atom is -0.490 e. The Morgan fingerprint density at radius 1 is 1.00 bits per heavy atom. The number of halogens is 2. The highest BCUT2D eigenvalue weighted by Crippen LogP contribution is 2.42. The number of hydrogen-bond acceptors (Lipinski definition) is 2. The Labute approximate surface area is 168 Å². The molecule has 3 rings (SSSR count). The van der Waals surface area contributed by atoms with E-state index in [9.17, 15) is 8.78 Å². The summed E-state index contributed by atoms with van der Waals surface area (Å²) < 4.78 is 40.2. The predicted molar refractivity (Wildman–Crippen MR) is 109 cm³/mol. The van der Waals surface area contributed by atoms with E-state index in [2.05, 4.69) is 19.1 Å². The first kappa shape index (κ1) is 21.3. The van der Waals surface area contributed by atoms with Gasteiger partial charge in [0.15, 0.2) is 11.6 Å². The molecule has 1 aliphatic carbocycles. The van der Waals surface area contributed by atoms with Crippen molar-refractivity contribution in [3.05, 3.63) is 41.5 Å². The standard InChI is InChI=1S/C24H34F2O2/c1-3-5-6-20-12-11-19(16-28-20)17-7-9-18(10-8-17)21-13-14-22(27-15-4-2)24(26)23(21)25/h5-6,13-14,17-20H,3-4,7-12,15-16H2,1-2H3. The molecule has 1 saturated heterocycles. The van der Waals surface area contributed by atoms with Gasteiger partial charge in [-0.2, -0.15) is 4.39 Å². The second-order valence-electron chi connectivity index (χ2n) is 8.29. The topological polar surface area (TPSA) is 18.5 Å². The zero-order valence-corrected chi connectivity index (χ0v) is 17.3. The average Bonchev–Trinajstić information content (AvgIpc) is 2.74. The van der Waals surface area contributed by atoms with Crippen molar-refractivity contribution in [2.45, 2.75) is 77.2 Å². The Morgan fingerprint density at radius 3 is 2.39 bits per heavy atom. The molecule has 0 spiro atoms. The lowest BCUT2D eigenvalue weighted by Gasteiger charge is -2.37. The summed E-state index contributed by atoms with van der Waals surface area (Å²) in [5, 5.41) is 0. The monoisotopic (exact) mass is 392 g/mol. The van der Waals surface area contributed by atoms with E-state index >= 15 is 0 Å². The molecule has 1 aromatic carbocycles. The molecule has 0 N–H and O–H groups in total. The normalized spacial score (nSPS) is 28.6. The fraction of sp³-hybridized carbons (Fsp3) is 0.667. The van der Waals surface area contributed by atoms with Crippen LogP contribution in [0.15, 0.2) is 24.3 Å².